The molecule has 2 rings (SSSR count). The minimum Gasteiger partial charge on any atom is -0.467 e. The third-order valence-electron chi connectivity index (χ3n) is 3.75. The molecule has 0 N–H and O–H groups in total. The summed E-state index contributed by atoms with van der Waals surface area (Å²) in [5.41, 5.74) is 0.936. The second kappa shape index (κ2) is 6.89. The summed E-state index contributed by atoms with van der Waals surface area (Å²) in [7, 11) is 1.31. The number of amides is 1. The zero-order valence-corrected chi connectivity index (χ0v) is 12.0. The normalized spacial score (nSPS) is 18.9. The van der Waals surface area contributed by atoms with Gasteiger partial charge in [0.2, 0.25) is 5.91 Å². The first-order valence-electron chi connectivity index (χ1n) is 6.99. The van der Waals surface area contributed by atoms with Crippen LogP contribution in [0.4, 0.5) is 0 Å². The molecule has 1 aromatic carbocycles. The Morgan fingerprint density at radius 1 is 1.43 bits per heavy atom. The molecule has 2 atom stereocenters. The molecule has 0 spiro atoms. The maximum atomic E-state index is 12.5. The molecule has 1 aliphatic heterocycles. The van der Waals surface area contributed by atoms with Crippen LogP contribution in [0, 0.1) is 17.2 Å². The van der Waals surface area contributed by atoms with Gasteiger partial charge in [0.25, 0.3) is 0 Å². The lowest BCUT2D eigenvalue weighted by molar-refractivity contribution is -0.151. The van der Waals surface area contributed by atoms with Gasteiger partial charge in [0.1, 0.15) is 12.0 Å². The third-order valence-corrected chi connectivity index (χ3v) is 3.75. The van der Waals surface area contributed by atoms with Crippen molar-refractivity contribution in [3.8, 4) is 6.07 Å². The zero-order chi connectivity index (χ0) is 15.2. The fraction of sp³-hybridized carbons (Fsp3) is 0.438. The van der Waals surface area contributed by atoms with Crippen molar-refractivity contribution in [1.82, 2.24) is 4.90 Å². The first-order valence-corrected chi connectivity index (χ1v) is 6.99. The summed E-state index contributed by atoms with van der Waals surface area (Å²) in [6, 6.07) is 10.9. The highest BCUT2D eigenvalue weighted by Gasteiger charge is 2.37. The van der Waals surface area contributed by atoms with E-state index in [9.17, 15) is 14.9 Å². The van der Waals surface area contributed by atoms with E-state index in [1.807, 2.05) is 30.3 Å². The Kier molecular flexibility index (Phi) is 4.94. The molecule has 110 valence electrons. The van der Waals surface area contributed by atoms with Crippen LogP contribution < -0.4 is 0 Å². The summed E-state index contributed by atoms with van der Waals surface area (Å²) in [4.78, 5) is 25.7. The van der Waals surface area contributed by atoms with Crippen molar-refractivity contribution in [2.75, 3.05) is 13.7 Å². The molecule has 0 radical (unpaired) electrons. The molecule has 1 heterocycles. The molecule has 5 heteroatoms. The largest absolute Gasteiger partial charge is 0.467 e. The van der Waals surface area contributed by atoms with Gasteiger partial charge in [-0.25, -0.2) is 4.79 Å². The monoisotopic (exact) mass is 286 g/mol. The number of rotatable bonds is 4. The number of nitrogens with zero attached hydrogens (tertiary/aromatic N) is 2. The van der Waals surface area contributed by atoms with Crippen LogP contribution in [0.15, 0.2) is 30.3 Å². The molecule has 5 nitrogen and oxygen atoms in total. The first kappa shape index (κ1) is 15.0. The van der Waals surface area contributed by atoms with E-state index in [4.69, 9.17) is 4.74 Å². The summed E-state index contributed by atoms with van der Waals surface area (Å²) in [6.07, 6.45) is 1.72. The van der Waals surface area contributed by atoms with Gasteiger partial charge in [-0.1, -0.05) is 30.3 Å². The van der Waals surface area contributed by atoms with Gasteiger partial charge in [0.05, 0.1) is 13.2 Å². The standard InChI is InChI=1S/C16H18N2O3/c1-21-16(20)14-8-5-9-18(14)15(19)13(11-17)10-12-6-3-2-4-7-12/h2-4,6-7,13-14H,5,8-10H2,1H3. The second-order valence-electron chi connectivity index (χ2n) is 5.08. The van der Waals surface area contributed by atoms with Crippen LogP contribution >= 0.6 is 0 Å². The number of likely N-dealkylation sites (tertiary alicyclic amines) is 1. The van der Waals surface area contributed by atoms with Gasteiger partial charge in [-0.2, -0.15) is 5.26 Å². The van der Waals surface area contributed by atoms with E-state index < -0.39 is 17.9 Å². The number of carbonyl (C=O) groups excluding carboxylic acids is 2. The first-order chi connectivity index (χ1) is 10.2. The molecule has 1 aromatic rings. The highest BCUT2D eigenvalue weighted by molar-refractivity contribution is 5.87. The molecule has 0 aliphatic carbocycles. The van der Waals surface area contributed by atoms with Gasteiger partial charge in [0.15, 0.2) is 0 Å². The highest BCUT2D eigenvalue weighted by Crippen LogP contribution is 2.22. The van der Waals surface area contributed by atoms with E-state index in [0.717, 1.165) is 12.0 Å². The van der Waals surface area contributed by atoms with E-state index in [1.54, 1.807) is 0 Å². The number of hydrogen-bond acceptors (Lipinski definition) is 4. The van der Waals surface area contributed by atoms with Gasteiger partial charge in [0, 0.05) is 6.54 Å². The quantitative estimate of drug-likeness (QED) is 0.787. The summed E-state index contributed by atoms with van der Waals surface area (Å²) >= 11 is 0. The minimum atomic E-state index is -0.766. The molecule has 1 saturated heterocycles. The van der Waals surface area contributed by atoms with Crippen molar-refractivity contribution in [3.63, 3.8) is 0 Å². The maximum Gasteiger partial charge on any atom is 0.328 e. The average Bonchev–Trinajstić information content (AvgIpc) is 3.01. The number of methoxy groups -OCH3 is 1. The van der Waals surface area contributed by atoms with Crippen molar-refractivity contribution >= 4 is 11.9 Å². The Bertz CT molecular complexity index is 550. The Morgan fingerprint density at radius 3 is 2.76 bits per heavy atom. The molecule has 1 amide bonds. The summed E-state index contributed by atoms with van der Waals surface area (Å²) < 4.78 is 4.73. The number of carbonyl (C=O) groups is 2. The van der Waals surface area contributed by atoms with Crippen LogP contribution in [-0.2, 0) is 20.7 Å². The minimum absolute atomic E-state index is 0.283. The topological polar surface area (TPSA) is 70.4 Å². The van der Waals surface area contributed by atoms with Crippen molar-refractivity contribution in [1.29, 1.82) is 5.26 Å². The predicted molar refractivity (Wildman–Crippen MR) is 76.0 cm³/mol. The Labute approximate surface area is 124 Å². The summed E-state index contributed by atoms with van der Waals surface area (Å²) in [5, 5.41) is 9.29. The molecule has 0 saturated carbocycles. The summed E-state index contributed by atoms with van der Waals surface area (Å²) in [5.74, 6) is -1.45. The Hall–Kier alpha value is -2.35. The van der Waals surface area contributed by atoms with Crippen molar-refractivity contribution in [3.05, 3.63) is 35.9 Å². The smallest absolute Gasteiger partial charge is 0.328 e. The third kappa shape index (κ3) is 3.40. The molecule has 21 heavy (non-hydrogen) atoms. The van der Waals surface area contributed by atoms with Gasteiger partial charge in [-0.05, 0) is 24.8 Å². The summed E-state index contributed by atoms with van der Waals surface area (Å²) in [6.45, 7) is 0.506. The highest BCUT2D eigenvalue weighted by atomic mass is 16.5. The predicted octanol–water partition coefficient (Wildman–Crippen LogP) is 1.53. The van der Waals surface area contributed by atoms with Crippen molar-refractivity contribution in [2.24, 2.45) is 5.92 Å². The molecule has 0 bridgehead atoms. The van der Waals surface area contributed by atoms with Crippen LogP contribution in [0.25, 0.3) is 0 Å². The molecule has 1 fully saturated rings. The van der Waals surface area contributed by atoms with Crippen LogP contribution in [0.1, 0.15) is 18.4 Å². The molecular weight excluding hydrogens is 268 g/mol. The van der Waals surface area contributed by atoms with E-state index in [1.165, 1.54) is 12.0 Å². The lowest BCUT2D eigenvalue weighted by atomic mass is 9.99. The van der Waals surface area contributed by atoms with Crippen LogP contribution in [0.5, 0.6) is 0 Å². The molecule has 2 unspecified atom stereocenters. The Morgan fingerprint density at radius 2 is 2.14 bits per heavy atom. The zero-order valence-electron chi connectivity index (χ0n) is 12.0. The Balaban J connectivity index is 2.09. The van der Waals surface area contributed by atoms with E-state index >= 15 is 0 Å². The lowest BCUT2D eigenvalue weighted by Gasteiger charge is -2.24. The lowest BCUT2D eigenvalue weighted by Crippen LogP contribution is -2.44. The number of benzene rings is 1. The van der Waals surface area contributed by atoms with Crippen LogP contribution in [0.2, 0.25) is 0 Å². The van der Waals surface area contributed by atoms with Crippen LogP contribution in [0.3, 0.4) is 0 Å². The van der Waals surface area contributed by atoms with Gasteiger partial charge >= 0.3 is 5.97 Å². The molecular formula is C16H18N2O3. The van der Waals surface area contributed by atoms with Crippen molar-refractivity contribution in [2.45, 2.75) is 25.3 Å². The maximum absolute atomic E-state index is 12.5. The van der Waals surface area contributed by atoms with Gasteiger partial charge in [-0.15, -0.1) is 0 Å². The fourth-order valence-corrected chi connectivity index (χ4v) is 2.65. The van der Waals surface area contributed by atoms with Crippen molar-refractivity contribution < 1.29 is 14.3 Å². The van der Waals surface area contributed by atoms with Gasteiger partial charge < -0.3 is 9.64 Å². The molecule has 1 aliphatic rings. The second-order valence-corrected chi connectivity index (χ2v) is 5.08. The average molecular weight is 286 g/mol. The van der Waals surface area contributed by atoms with E-state index in [-0.39, 0.29) is 5.91 Å². The van der Waals surface area contributed by atoms with E-state index in [2.05, 4.69) is 6.07 Å². The fourth-order valence-electron chi connectivity index (χ4n) is 2.65. The van der Waals surface area contributed by atoms with Crippen LogP contribution in [-0.4, -0.2) is 36.5 Å². The van der Waals surface area contributed by atoms with E-state index in [0.29, 0.717) is 19.4 Å². The number of esters is 1. The van der Waals surface area contributed by atoms with Gasteiger partial charge in [-0.3, -0.25) is 4.79 Å². The molecule has 0 aromatic heterocycles. The number of ether oxygens (including phenoxy) is 1. The number of hydrogen-bond donors (Lipinski definition) is 0. The SMILES string of the molecule is COC(=O)C1CCCN1C(=O)C(C#N)Cc1ccccc1. The number of nitriles is 1.